The Hall–Kier alpha value is -4.73. The van der Waals surface area contributed by atoms with Gasteiger partial charge >= 0.3 is 0 Å². The molecule has 0 bridgehead atoms. The lowest BCUT2D eigenvalue weighted by Crippen LogP contribution is -2.32. The van der Waals surface area contributed by atoms with E-state index in [2.05, 4.69) is 18.8 Å². The van der Waals surface area contributed by atoms with Gasteiger partial charge in [0.15, 0.2) is 34.4 Å². The van der Waals surface area contributed by atoms with Gasteiger partial charge in [-0.15, -0.1) is 0 Å². The molecule has 0 radical (unpaired) electrons. The highest BCUT2D eigenvalue weighted by Crippen LogP contribution is 2.42. The van der Waals surface area contributed by atoms with Crippen molar-refractivity contribution in [3.05, 3.63) is 83.8 Å². The summed E-state index contributed by atoms with van der Waals surface area (Å²) >= 11 is 0. The number of nitrogens with zero attached hydrogens (tertiary/aromatic N) is 3. The lowest BCUT2D eigenvalue weighted by Gasteiger charge is -2.27. The number of hydrogen-bond donors (Lipinski definition) is 1. The molecule has 0 fully saturated rings. The Kier molecular flexibility index (Phi) is 9.04. The number of rotatable bonds is 14. The Morgan fingerprint density at radius 1 is 1.09 bits per heavy atom. The number of ether oxygens (including phenoxy) is 3. The van der Waals surface area contributed by atoms with Crippen LogP contribution < -0.4 is 14.2 Å². The van der Waals surface area contributed by atoms with E-state index in [4.69, 9.17) is 18.6 Å². The maximum atomic E-state index is 14.0. The fraction of sp³-hybridized carbons (Fsp3) is 0.364. The second kappa shape index (κ2) is 13.1. The number of hydrogen-bond acceptors (Lipinski definition) is 8. The van der Waals surface area contributed by atoms with Crippen molar-refractivity contribution in [3.63, 3.8) is 0 Å². The first-order chi connectivity index (χ1) is 20.8. The first-order valence-electron chi connectivity index (χ1n) is 14.5. The second-order valence-electron chi connectivity index (χ2n) is 10.8. The fourth-order valence-electron chi connectivity index (χ4n) is 5.23. The Labute approximate surface area is 250 Å². The number of aliphatic hydroxyl groups excluding tert-OH is 1. The number of carbonyl (C=O) groups excluding carboxylic acids is 2. The zero-order valence-electron chi connectivity index (χ0n) is 24.9. The van der Waals surface area contributed by atoms with Crippen LogP contribution >= 0.6 is 0 Å². The number of Topliss-reactive ketones (excluding diaryl/α,β-unsaturated/α-hetero) is 1. The van der Waals surface area contributed by atoms with Crippen LogP contribution in [0.15, 0.2) is 76.9 Å². The van der Waals surface area contributed by atoms with Crippen molar-refractivity contribution in [2.75, 3.05) is 26.9 Å². The third-order valence-corrected chi connectivity index (χ3v) is 7.41. The molecule has 1 aliphatic heterocycles. The number of ketones is 1. The highest BCUT2D eigenvalue weighted by molar-refractivity contribution is 6.16. The average molecular weight is 588 g/mol. The maximum Gasteiger partial charge on any atom is 0.290 e. The second-order valence-corrected chi connectivity index (χ2v) is 10.8. The van der Waals surface area contributed by atoms with E-state index < -0.39 is 23.5 Å². The fourth-order valence-corrected chi connectivity index (χ4v) is 5.23. The summed E-state index contributed by atoms with van der Waals surface area (Å²) in [4.78, 5) is 33.2. The topological polar surface area (TPSA) is 116 Å². The van der Waals surface area contributed by atoms with Crippen molar-refractivity contribution in [3.8, 4) is 17.2 Å². The Morgan fingerprint density at radius 3 is 2.65 bits per heavy atom. The van der Waals surface area contributed by atoms with Gasteiger partial charge in [0.25, 0.3) is 5.91 Å². The van der Waals surface area contributed by atoms with Crippen LogP contribution in [0.2, 0.25) is 0 Å². The molecule has 1 N–H and O–H groups in total. The number of para-hydroxylation sites is 1. The number of furan rings is 1. The predicted molar refractivity (Wildman–Crippen MR) is 161 cm³/mol. The summed E-state index contributed by atoms with van der Waals surface area (Å²) in [5.41, 5.74) is 0.964. The summed E-state index contributed by atoms with van der Waals surface area (Å²) in [5, 5.41) is 11.8. The molecule has 0 spiro atoms. The minimum atomic E-state index is -0.873. The summed E-state index contributed by atoms with van der Waals surface area (Å²) in [5.74, 6) is 0.232. The first kappa shape index (κ1) is 29.8. The molecule has 5 rings (SSSR count). The quantitative estimate of drug-likeness (QED) is 0.175. The standard InChI is InChI=1S/C33H37N3O7/c1-5-41-26-18-22(10-11-24(26)42-17-12-21(2)3)29-28(30(37)27-19-23-8-6-9-25(40-4)32(23)43-27)31(38)33(39)36(29)15-7-14-35-16-13-34-20-35/h6,8-11,13,16,18-21,29,38H,5,7,12,14-15,17H2,1-4H3. The van der Waals surface area contributed by atoms with Crippen molar-refractivity contribution in [2.24, 2.45) is 5.92 Å². The number of benzene rings is 2. The van der Waals surface area contributed by atoms with Gasteiger partial charge in [0.05, 0.1) is 38.3 Å². The highest BCUT2D eigenvalue weighted by atomic mass is 16.5. The minimum Gasteiger partial charge on any atom is -0.503 e. The molecule has 1 aliphatic rings. The van der Waals surface area contributed by atoms with Crippen LogP contribution in [0, 0.1) is 5.92 Å². The van der Waals surface area contributed by atoms with Gasteiger partial charge in [0, 0.05) is 30.9 Å². The molecule has 226 valence electrons. The SMILES string of the molecule is CCOc1cc(C2C(C(=O)c3cc4cccc(OC)c4o3)=C(O)C(=O)N2CCCn2ccnc2)ccc1OCCC(C)C. The largest absolute Gasteiger partial charge is 0.503 e. The van der Waals surface area contributed by atoms with Gasteiger partial charge in [-0.05, 0) is 55.5 Å². The summed E-state index contributed by atoms with van der Waals surface area (Å²) in [7, 11) is 1.52. The van der Waals surface area contributed by atoms with Crippen LogP contribution in [-0.2, 0) is 11.3 Å². The molecule has 0 aliphatic carbocycles. The molecule has 4 aromatic rings. The maximum absolute atomic E-state index is 14.0. The van der Waals surface area contributed by atoms with Crippen molar-refractivity contribution in [2.45, 2.75) is 46.2 Å². The van der Waals surface area contributed by atoms with E-state index in [1.54, 1.807) is 48.9 Å². The molecule has 0 saturated carbocycles. The molecule has 10 heteroatoms. The van der Waals surface area contributed by atoms with Crippen LogP contribution in [0.5, 0.6) is 17.2 Å². The first-order valence-corrected chi connectivity index (χ1v) is 14.5. The molecule has 2 aromatic heterocycles. The number of amides is 1. The average Bonchev–Trinajstić information content (AvgIpc) is 3.73. The Morgan fingerprint density at radius 2 is 1.93 bits per heavy atom. The van der Waals surface area contributed by atoms with Crippen LogP contribution in [0.3, 0.4) is 0 Å². The number of methoxy groups -OCH3 is 1. The highest BCUT2D eigenvalue weighted by Gasteiger charge is 2.44. The van der Waals surface area contributed by atoms with Gasteiger partial charge in [-0.2, -0.15) is 0 Å². The van der Waals surface area contributed by atoms with E-state index in [0.29, 0.717) is 65.9 Å². The number of aryl methyl sites for hydroxylation is 1. The normalized spacial score (nSPS) is 15.1. The van der Waals surface area contributed by atoms with Crippen LogP contribution in [-0.4, -0.2) is 58.1 Å². The van der Waals surface area contributed by atoms with E-state index in [0.717, 1.165) is 6.42 Å². The van der Waals surface area contributed by atoms with Crippen molar-refractivity contribution >= 4 is 22.7 Å². The van der Waals surface area contributed by atoms with Gasteiger partial charge in [0.2, 0.25) is 5.78 Å². The zero-order chi connectivity index (χ0) is 30.5. The molecule has 43 heavy (non-hydrogen) atoms. The van der Waals surface area contributed by atoms with E-state index in [1.165, 1.54) is 12.0 Å². The molecule has 1 unspecified atom stereocenters. The molecule has 1 atom stereocenters. The number of fused-ring (bicyclic) bond motifs is 1. The lowest BCUT2D eigenvalue weighted by molar-refractivity contribution is -0.129. The number of imidazole rings is 1. The molecular formula is C33H37N3O7. The lowest BCUT2D eigenvalue weighted by atomic mass is 9.94. The van der Waals surface area contributed by atoms with E-state index in [9.17, 15) is 14.7 Å². The van der Waals surface area contributed by atoms with Gasteiger partial charge < -0.3 is 33.2 Å². The number of aliphatic hydroxyl groups is 1. The van der Waals surface area contributed by atoms with Crippen molar-refractivity contribution < 1.29 is 33.3 Å². The summed E-state index contributed by atoms with van der Waals surface area (Å²) in [6, 6.07) is 11.4. The molecule has 3 heterocycles. The zero-order valence-corrected chi connectivity index (χ0v) is 24.9. The smallest absolute Gasteiger partial charge is 0.290 e. The van der Waals surface area contributed by atoms with Gasteiger partial charge in [0.1, 0.15) is 0 Å². The van der Waals surface area contributed by atoms with Crippen LogP contribution in [0.1, 0.15) is 55.8 Å². The van der Waals surface area contributed by atoms with Crippen molar-refractivity contribution in [1.29, 1.82) is 0 Å². The van der Waals surface area contributed by atoms with Gasteiger partial charge in [-0.25, -0.2) is 4.98 Å². The molecule has 2 aromatic carbocycles. The third kappa shape index (κ3) is 6.23. The number of carbonyl (C=O) groups is 2. The minimum absolute atomic E-state index is 0.00205. The Bertz CT molecular complexity index is 1620. The number of aromatic nitrogens is 2. The summed E-state index contributed by atoms with van der Waals surface area (Å²) in [6.45, 7) is 7.95. The van der Waals surface area contributed by atoms with E-state index in [-0.39, 0.29) is 17.9 Å². The predicted octanol–water partition coefficient (Wildman–Crippen LogP) is 6.13. The van der Waals surface area contributed by atoms with E-state index >= 15 is 0 Å². The third-order valence-electron chi connectivity index (χ3n) is 7.41. The molecular weight excluding hydrogens is 550 g/mol. The Balaban J connectivity index is 1.52. The van der Waals surface area contributed by atoms with E-state index in [1.807, 2.05) is 23.8 Å². The molecule has 1 amide bonds. The molecule has 10 nitrogen and oxygen atoms in total. The van der Waals surface area contributed by atoms with Crippen LogP contribution in [0.4, 0.5) is 0 Å². The van der Waals surface area contributed by atoms with Gasteiger partial charge in [-0.3, -0.25) is 9.59 Å². The molecule has 0 saturated heterocycles. The summed E-state index contributed by atoms with van der Waals surface area (Å²) < 4.78 is 25.2. The summed E-state index contributed by atoms with van der Waals surface area (Å²) in [6.07, 6.45) is 6.69. The van der Waals surface area contributed by atoms with Gasteiger partial charge in [-0.1, -0.05) is 32.0 Å². The van der Waals surface area contributed by atoms with Crippen molar-refractivity contribution in [1.82, 2.24) is 14.5 Å². The van der Waals surface area contributed by atoms with Crippen LogP contribution in [0.25, 0.3) is 11.0 Å². The monoisotopic (exact) mass is 587 g/mol.